The molecule has 20 heavy (non-hydrogen) atoms. The highest BCUT2D eigenvalue weighted by Gasteiger charge is 2.04. The second-order valence-electron chi connectivity index (χ2n) is 4.23. The molecule has 0 spiro atoms. The zero-order valence-electron chi connectivity index (χ0n) is 10.9. The third kappa shape index (κ3) is 3.39. The molecule has 0 aliphatic rings. The van der Waals surface area contributed by atoms with Gasteiger partial charge < -0.3 is 15.7 Å². The van der Waals surface area contributed by atoms with Gasteiger partial charge in [0.1, 0.15) is 18.1 Å². The molecule has 0 bridgehead atoms. The van der Waals surface area contributed by atoms with Crippen molar-refractivity contribution < 1.29 is 9.94 Å². The Balaban J connectivity index is 2.11. The first-order chi connectivity index (χ1) is 9.60. The number of aryl methyl sites for hydroxylation is 1. The van der Waals surface area contributed by atoms with Crippen LogP contribution in [0.5, 0.6) is 5.75 Å². The number of oxime groups is 1. The molecular weight excluding hydrogens is 278 g/mol. The minimum absolute atomic E-state index is 0.0328. The minimum atomic E-state index is -0.0328. The van der Waals surface area contributed by atoms with Gasteiger partial charge in [0.2, 0.25) is 0 Å². The van der Waals surface area contributed by atoms with Crippen LogP contribution in [0.1, 0.15) is 16.8 Å². The van der Waals surface area contributed by atoms with Crippen LogP contribution < -0.4 is 10.5 Å². The molecule has 0 saturated heterocycles. The van der Waals surface area contributed by atoms with Crippen molar-refractivity contribution in [2.45, 2.75) is 13.5 Å². The zero-order chi connectivity index (χ0) is 14.5. The number of nitrogens with two attached hydrogens (primary N) is 1. The first kappa shape index (κ1) is 14.1. The molecule has 2 rings (SSSR count). The third-order valence-electron chi connectivity index (χ3n) is 2.73. The molecule has 1 heterocycles. The summed E-state index contributed by atoms with van der Waals surface area (Å²) in [5.74, 6) is 0.728. The van der Waals surface area contributed by atoms with Crippen molar-refractivity contribution in [2.24, 2.45) is 10.9 Å². The summed E-state index contributed by atoms with van der Waals surface area (Å²) in [5.41, 5.74) is 7.73. The standard InChI is InChI=1S/C14H14ClN3O2/c1-9-6-11(15)2-3-13(9)20-8-10-4-5-17-12(7-10)14(16)18-19/h2-7,19H,8H2,1H3,(H2,16,18). The number of pyridine rings is 1. The van der Waals surface area contributed by atoms with E-state index in [4.69, 9.17) is 27.3 Å². The summed E-state index contributed by atoms with van der Waals surface area (Å²) >= 11 is 5.89. The van der Waals surface area contributed by atoms with Crippen molar-refractivity contribution in [3.63, 3.8) is 0 Å². The highest BCUT2D eigenvalue weighted by Crippen LogP contribution is 2.22. The minimum Gasteiger partial charge on any atom is -0.489 e. The van der Waals surface area contributed by atoms with E-state index < -0.39 is 0 Å². The molecule has 0 aliphatic carbocycles. The number of hydrogen-bond acceptors (Lipinski definition) is 4. The van der Waals surface area contributed by atoms with Gasteiger partial charge in [-0.2, -0.15) is 0 Å². The first-order valence-corrected chi connectivity index (χ1v) is 6.29. The average molecular weight is 292 g/mol. The van der Waals surface area contributed by atoms with E-state index in [0.29, 0.717) is 17.3 Å². The van der Waals surface area contributed by atoms with Crippen molar-refractivity contribution in [3.05, 3.63) is 58.4 Å². The third-order valence-corrected chi connectivity index (χ3v) is 2.96. The predicted octanol–water partition coefficient (Wildman–Crippen LogP) is 2.72. The van der Waals surface area contributed by atoms with E-state index in [-0.39, 0.29) is 5.84 Å². The average Bonchev–Trinajstić information content (AvgIpc) is 2.46. The van der Waals surface area contributed by atoms with E-state index in [1.54, 1.807) is 24.4 Å². The lowest BCUT2D eigenvalue weighted by Crippen LogP contribution is -2.15. The van der Waals surface area contributed by atoms with E-state index >= 15 is 0 Å². The van der Waals surface area contributed by atoms with Crippen molar-refractivity contribution in [2.75, 3.05) is 0 Å². The normalized spacial score (nSPS) is 11.4. The smallest absolute Gasteiger partial charge is 0.188 e. The Kier molecular flexibility index (Phi) is 4.42. The monoisotopic (exact) mass is 291 g/mol. The maximum Gasteiger partial charge on any atom is 0.188 e. The fourth-order valence-electron chi connectivity index (χ4n) is 1.69. The van der Waals surface area contributed by atoms with Crippen molar-refractivity contribution in [1.82, 2.24) is 4.98 Å². The molecule has 0 amide bonds. The Hall–Kier alpha value is -2.27. The number of aromatic nitrogens is 1. The quantitative estimate of drug-likeness (QED) is 0.393. The van der Waals surface area contributed by atoms with Crippen molar-refractivity contribution in [3.8, 4) is 5.75 Å². The number of amidine groups is 1. The topological polar surface area (TPSA) is 80.7 Å². The first-order valence-electron chi connectivity index (χ1n) is 5.92. The van der Waals surface area contributed by atoms with Gasteiger partial charge in [-0.05, 0) is 48.4 Å². The van der Waals surface area contributed by atoms with Crippen molar-refractivity contribution >= 4 is 17.4 Å². The van der Waals surface area contributed by atoms with E-state index in [0.717, 1.165) is 16.9 Å². The molecular formula is C14H14ClN3O2. The fraction of sp³-hybridized carbons (Fsp3) is 0.143. The van der Waals surface area contributed by atoms with E-state index in [1.807, 2.05) is 19.1 Å². The molecule has 3 N–H and O–H groups in total. The second kappa shape index (κ2) is 6.25. The lowest BCUT2D eigenvalue weighted by Gasteiger charge is -2.10. The number of benzene rings is 1. The molecule has 6 heteroatoms. The Morgan fingerprint density at radius 2 is 2.20 bits per heavy atom. The van der Waals surface area contributed by atoms with Gasteiger partial charge in [-0.25, -0.2) is 0 Å². The SMILES string of the molecule is Cc1cc(Cl)ccc1OCc1ccnc(C(N)=NO)c1. The van der Waals surface area contributed by atoms with Crippen LogP contribution in [-0.4, -0.2) is 16.0 Å². The summed E-state index contributed by atoms with van der Waals surface area (Å²) in [6.45, 7) is 2.28. The lowest BCUT2D eigenvalue weighted by molar-refractivity contribution is 0.304. The zero-order valence-corrected chi connectivity index (χ0v) is 11.6. The van der Waals surface area contributed by atoms with Gasteiger partial charge in [0.05, 0.1) is 0 Å². The summed E-state index contributed by atoms with van der Waals surface area (Å²) in [5, 5.41) is 12.2. The molecule has 0 atom stereocenters. The number of rotatable bonds is 4. The maximum atomic E-state index is 8.63. The van der Waals surface area contributed by atoms with Crippen molar-refractivity contribution in [1.29, 1.82) is 0 Å². The molecule has 0 saturated carbocycles. The second-order valence-corrected chi connectivity index (χ2v) is 4.67. The van der Waals surface area contributed by atoms with Crippen LogP contribution in [-0.2, 0) is 6.61 Å². The Morgan fingerprint density at radius 3 is 2.90 bits per heavy atom. The molecule has 1 aromatic carbocycles. The van der Waals surface area contributed by atoms with Crippen LogP contribution >= 0.6 is 11.6 Å². The highest BCUT2D eigenvalue weighted by atomic mass is 35.5. The molecule has 104 valence electrons. The van der Waals surface area contributed by atoms with Crippen LogP contribution in [0.2, 0.25) is 5.02 Å². The largest absolute Gasteiger partial charge is 0.489 e. The summed E-state index contributed by atoms with van der Waals surface area (Å²) in [7, 11) is 0. The number of halogens is 1. The molecule has 5 nitrogen and oxygen atoms in total. The van der Waals surface area contributed by atoms with Crippen LogP contribution in [0.4, 0.5) is 0 Å². The Morgan fingerprint density at radius 1 is 1.40 bits per heavy atom. The van der Waals surface area contributed by atoms with E-state index in [1.165, 1.54) is 0 Å². The number of hydrogen-bond donors (Lipinski definition) is 2. The van der Waals surface area contributed by atoms with Gasteiger partial charge in [0.15, 0.2) is 5.84 Å². The molecule has 0 fully saturated rings. The van der Waals surface area contributed by atoms with E-state index in [2.05, 4.69) is 10.1 Å². The van der Waals surface area contributed by atoms with Gasteiger partial charge in [-0.1, -0.05) is 16.8 Å². The number of ether oxygens (including phenoxy) is 1. The fourth-order valence-corrected chi connectivity index (χ4v) is 1.92. The van der Waals surface area contributed by atoms with Crippen LogP contribution in [0.25, 0.3) is 0 Å². The summed E-state index contributed by atoms with van der Waals surface area (Å²) < 4.78 is 5.72. The highest BCUT2D eigenvalue weighted by molar-refractivity contribution is 6.30. The molecule has 0 aliphatic heterocycles. The Bertz CT molecular complexity index is 644. The van der Waals surface area contributed by atoms with Gasteiger partial charge in [-0.15, -0.1) is 0 Å². The molecule has 0 unspecified atom stereocenters. The van der Waals surface area contributed by atoms with Gasteiger partial charge in [-0.3, -0.25) is 4.98 Å². The summed E-state index contributed by atoms with van der Waals surface area (Å²) in [6, 6.07) is 8.95. The van der Waals surface area contributed by atoms with Crippen LogP contribution in [0, 0.1) is 6.92 Å². The molecule has 0 radical (unpaired) electrons. The van der Waals surface area contributed by atoms with E-state index in [9.17, 15) is 0 Å². The molecule has 1 aromatic heterocycles. The van der Waals surface area contributed by atoms with Gasteiger partial charge in [0, 0.05) is 11.2 Å². The lowest BCUT2D eigenvalue weighted by atomic mass is 10.2. The van der Waals surface area contributed by atoms with Crippen LogP contribution in [0.15, 0.2) is 41.7 Å². The summed E-state index contributed by atoms with van der Waals surface area (Å²) in [4.78, 5) is 4.01. The Labute approximate surface area is 121 Å². The van der Waals surface area contributed by atoms with Crippen LogP contribution in [0.3, 0.4) is 0 Å². The maximum absolute atomic E-state index is 8.63. The van der Waals surface area contributed by atoms with Gasteiger partial charge >= 0.3 is 0 Å². The van der Waals surface area contributed by atoms with Gasteiger partial charge in [0.25, 0.3) is 0 Å². The predicted molar refractivity (Wildman–Crippen MR) is 77.3 cm³/mol. The summed E-state index contributed by atoms with van der Waals surface area (Å²) in [6.07, 6.45) is 1.58. The number of nitrogens with zero attached hydrogens (tertiary/aromatic N) is 2. The molecule has 2 aromatic rings.